The minimum atomic E-state index is -3.47. The fraction of sp³-hybridized carbons (Fsp3) is 0.562. The Bertz CT molecular complexity index is 643. The van der Waals surface area contributed by atoms with Crippen molar-refractivity contribution < 1.29 is 13.2 Å². The Kier molecular flexibility index (Phi) is 7.35. The molecule has 0 saturated heterocycles. The summed E-state index contributed by atoms with van der Waals surface area (Å²) < 4.78 is 25.4. The lowest BCUT2D eigenvalue weighted by Crippen LogP contribution is -2.35. The van der Waals surface area contributed by atoms with Gasteiger partial charge in [0.05, 0.1) is 17.5 Å². The molecule has 0 saturated carbocycles. The van der Waals surface area contributed by atoms with Gasteiger partial charge in [0.1, 0.15) is 0 Å². The van der Waals surface area contributed by atoms with E-state index in [9.17, 15) is 13.2 Å². The van der Waals surface area contributed by atoms with Crippen molar-refractivity contribution in [3.8, 4) is 0 Å². The van der Waals surface area contributed by atoms with Gasteiger partial charge in [-0.3, -0.25) is 9.52 Å². The summed E-state index contributed by atoms with van der Waals surface area (Å²) in [6.45, 7) is 7.31. The molecule has 23 heavy (non-hydrogen) atoms. The number of amides is 1. The molecule has 0 unspecified atom stereocenters. The number of halogens is 1. The summed E-state index contributed by atoms with van der Waals surface area (Å²) in [5, 5.41) is 0.394. The number of hydrogen-bond donors (Lipinski definition) is 1. The van der Waals surface area contributed by atoms with E-state index in [1.807, 2.05) is 6.92 Å². The van der Waals surface area contributed by atoms with Gasteiger partial charge >= 0.3 is 0 Å². The number of anilines is 1. The molecule has 1 aromatic rings. The zero-order valence-corrected chi connectivity index (χ0v) is 15.7. The molecule has 0 aliphatic carbocycles. The summed E-state index contributed by atoms with van der Waals surface area (Å²) >= 11 is 5.99. The van der Waals surface area contributed by atoms with Crippen molar-refractivity contribution in [2.45, 2.75) is 33.6 Å². The van der Waals surface area contributed by atoms with Crippen LogP contribution in [0.3, 0.4) is 0 Å². The molecule has 7 heteroatoms. The highest BCUT2D eigenvalue weighted by molar-refractivity contribution is 7.92. The highest BCUT2D eigenvalue weighted by Crippen LogP contribution is 2.24. The summed E-state index contributed by atoms with van der Waals surface area (Å²) in [5.41, 5.74) is 0.528. The van der Waals surface area contributed by atoms with E-state index < -0.39 is 10.0 Å². The number of nitrogens with one attached hydrogen (secondary N) is 1. The third-order valence-corrected chi connectivity index (χ3v) is 4.64. The van der Waals surface area contributed by atoms with Crippen LogP contribution < -0.4 is 4.72 Å². The van der Waals surface area contributed by atoms with Gasteiger partial charge in [0.15, 0.2) is 0 Å². The number of carbonyl (C=O) groups excluding carboxylic acids is 1. The number of nitrogens with zero attached hydrogens (tertiary/aromatic N) is 1. The zero-order valence-electron chi connectivity index (χ0n) is 14.1. The van der Waals surface area contributed by atoms with E-state index in [2.05, 4.69) is 18.6 Å². The molecule has 0 heterocycles. The van der Waals surface area contributed by atoms with Gasteiger partial charge in [-0.25, -0.2) is 8.42 Å². The van der Waals surface area contributed by atoms with Gasteiger partial charge < -0.3 is 4.90 Å². The molecule has 0 bridgehead atoms. The molecule has 0 aliphatic heterocycles. The Morgan fingerprint density at radius 1 is 1.26 bits per heavy atom. The lowest BCUT2D eigenvalue weighted by atomic mass is 10.0. The predicted molar refractivity (Wildman–Crippen MR) is 95.6 cm³/mol. The molecular weight excluding hydrogens is 336 g/mol. The van der Waals surface area contributed by atoms with Crippen LogP contribution in [0.25, 0.3) is 0 Å². The Hall–Kier alpha value is -1.27. The van der Waals surface area contributed by atoms with Crippen LogP contribution >= 0.6 is 11.6 Å². The largest absolute Gasteiger partial charge is 0.339 e. The first-order valence-corrected chi connectivity index (χ1v) is 10.0. The maximum absolute atomic E-state index is 12.8. The molecule has 1 aromatic carbocycles. The average molecular weight is 361 g/mol. The van der Waals surface area contributed by atoms with Crippen molar-refractivity contribution in [2.75, 3.05) is 24.1 Å². The van der Waals surface area contributed by atoms with Crippen LogP contribution in [0.2, 0.25) is 5.02 Å². The number of benzene rings is 1. The maximum Gasteiger partial charge on any atom is 0.256 e. The van der Waals surface area contributed by atoms with Gasteiger partial charge in [-0.15, -0.1) is 0 Å². The van der Waals surface area contributed by atoms with Gasteiger partial charge in [0, 0.05) is 18.1 Å². The monoisotopic (exact) mass is 360 g/mol. The lowest BCUT2D eigenvalue weighted by molar-refractivity contribution is 0.0736. The normalized spacial score (nSPS) is 11.6. The zero-order chi connectivity index (χ0) is 17.6. The van der Waals surface area contributed by atoms with E-state index in [-0.39, 0.29) is 17.2 Å². The molecule has 0 radical (unpaired) electrons. The Morgan fingerprint density at radius 2 is 1.87 bits per heavy atom. The van der Waals surface area contributed by atoms with E-state index in [1.54, 1.807) is 11.0 Å². The molecule has 0 aliphatic rings. The highest BCUT2D eigenvalue weighted by Gasteiger charge is 2.21. The SMILES string of the molecule is CCC(CC)CN(CC)C(=O)c1cc(Cl)ccc1NS(C)(=O)=O. The second-order valence-corrected chi connectivity index (χ2v) is 7.78. The maximum atomic E-state index is 12.8. The number of rotatable bonds is 8. The second kappa shape index (κ2) is 8.55. The van der Waals surface area contributed by atoms with E-state index in [0.717, 1.165) is 19.1 Å². The van der Waals surface area contributed by atoms with Crippen LogP contribution in [0.4, 0.5) is 5.69 Å². The highest BCUT2D eigenvalue weighted by atomic mass is 35.5. The molecule has 1 amide bonds. The van der Waals surface area contributed by atoms with Gasteiger partial charge in [0.2, 0.25) is 10.0 Å². The third-order valence-electron chi connectivity index (χ3n) is 3.81. The van der Waals surface area contributed by atoms with Gasteiger partial charge in [0.25, 0.3) is 5.91 Å². The molecule has 1 N–H and O–H groups in total. The minimum absolute atomic E-state index is 0.215. The predicted octanol–water partition coefficient (Wildman–Crippen LogP) is 3.61. The summed E-state index contributed by atoms with van der Waals surface area (Å²) in [7, 11) is -3.47. The van der Waals surface area contributed by atoms with E-state index in [0.29, 0.717) is 24.0 Å². The smallest absolute Gasteiger partial charge is 0.256 e. The fourth-order valence-corrected chi connectivity index (χ4v) is 3.12. The molecule has 0 spiro atoms. The quantitative estimate of drug-likeness (QED) is 0.770. The molecule has 0 aromatic heterocycles. The summed E-state index contributed by atoms with van der Waals surface area (Å²) in [6, 6.07) is 4.58. The van der Waals surface area contributed by atoms with Gasteiger partial charge in [-0.1, -0.05) is 38.3 Å². The Morgan fingerprint density at radius 3 is 2.35 bits per heavy atom. The van der Waals surface area contributed by atoms with Crippen molar-refractivity contribution in [1.29, 1.82) is 0 Å². The van der Waals surface area contributed by atoms with Gasteiger partial charge in [-0.2, -0.15) is 0 Å². The number of carbonyl (C=O) groups is 1. The van der Waals surface area contributed by atoms with E-state index in [4.69, 9.17) is 11.6 Å². The first kappa shape index (κ1) is 19.8. The molecular formula is C16H25ClN2O3S. The third kappa shape index (κ3) is 6.03. The van der Waals surface area contributed by atoms with E-state index >= 15 is 0 Å². The molecule has 0 atom stereocenters. The van der Waals surface area contributed by atoms with Crippen molar-refractivity contribution in [2.24, 2.45) is 5.92 Å². The van der Waals surface area contributed by atoms with Crippen molar-refractivity contribution in [3.05, 3.63) is 28.8 Å². The number of sulfonamides is 1. The standard InChI is InChI=1S/C16H25ClN2O3S/c1-5-12(6-2)11-19(7-3)16(20)14-10-13(17)8-9-15(14)18-23(4,21)22/h8-10,12,18H,5-7,11H2,1-4H3. The number of hydrogen-bond acceptors (Lipinski definition) is 3. The first-order valence-electron chi connectivity index (χ1n) is 7.78. The summed E-state index contributed by atoms with van der Waals surface area (Å²) in [5.74, 6) is 0.206. The lowest BCUT2D eigenvalue weighted by Gasteiger charge is -2.26. The molecule has 0 fully saturated rings. The van der Waals surface area contributed by atoms with Crippen LogP contribution in [0.15, 0.2) is 18.2 Å². The minimum Gasteiger partial charge on any atom is -0.339 e. The Balaban J connectivity index is 3.15. The second-order valence-electron chi connectivity index (χ2n) is 5.59. The van der Waals surface area contributed by atoms with Crippen molar-refractivity contribution in [1.82, 2.24) is 4.90 Å². The molecule has 1 rings (SSSR count). The van der Waals surface area contributed by atoms with Crippen molar-refractivity contribution >= 4 is 33.2 Å². The Labute approximate surface area is 144 Å². The van der Waals surface area contributed by atoms with Crippen LogP contribution in [0, 0.1) is 5.92 Å². The van der Waals surface area contributed by atoms with Crippen LogP contribution in [0.1, 0.15) is 44.0 Å². The average Bonchev–Trinajstić information content (AvgIpc) is 2.48. The van der Waals surface area contributed by atoms with Crippen LogP contribution in [0.5, 0.6) is 0 Å². The summed E-state index contributed by atoms with van der Waals surface area (Å²) in [6.07, 6.45) is 3.03. The van der Waals surface area contributed by atoms with Crippen LogP contribution in [-0.2, 0) is 10.0 Å². The van der Waals surface area contributed by atoms with E-state index in [1.165, 1.54) is 12.1 Å². The summed E-state index contributed by atoms with van der Waals surface area (Å²) in [4.78, 5) is 14.6. The topological polar surface area (TPSA) is 66.5 Å². The molecule has 130 valence electrons. The van der Waals surface area contributed by atoms with Crippen molar-refractivity contribution in [3.63, 3.8) is 0 Å². The first-order chi connectivity index (χ1) is 10.7. The van der Waals surface area contributed by atoms with Crippen LogP contribution in [-0.4, -0.2) is 38.6 Å². The van der Waals surface area contributed by atoms with Gasteiger partial charge in [-0.05, 0) is 31.0 Å². The fourth-order valence-electron chi connectivity index (χ4n) is 2.37. The molecule has 5 nitrogen and oxygen atoms in total.